The molecular formula is C16H26ClN3O. The van der Waals surface area contributed by atoms with Gasteiger partial charge in [0.25, 0.3) is 0 Å². The predicted molar refractivity (Wildman–Crippen MR) is 87.0 cm³/mol. The number of nitrogens with one attached hydrogen (secondary N) is 1. The maximum Gasteiger partial charge on any atom is 0.232 e. The first-order chi connectivity index (χ1) is 9.83. The Morgan fingerprint density at radius 3 is 2.62 bits per heavy atom. The summed E-state index contributed by atoms with van der Waals surface area (Å²) < 4.78 is 5.94. The third kappa shape index (κ3) is 5.46. The third-order valence-electron chi connectivity index (χ3n) is 3.63. The number of likely N-dealkylation sites (tertiary alicyclic amines) is 1. The lowest BCUT2D eigenvalue weighted by atomic mass is 10.1. The maximum absolute atomic E-state index is 6.30. The van der Waals surface area contributed by atoms with E-state index in [-0.39, 0.29) is 11.6 Å². The van der Waals surface area contributed by atoms with Gasteiger partial charge in [0, 0.05) is 31.4 Å². The summed E-state index contributed by atoms with van der Waals surface area (Å²) in [6.07, 6.45) is 4.13. The molecule has 1 N–H and O–H groups in total. The first-order valence-electron chi connectivity index (χ1n) is 7.58. The molecule has 1 aliphatic rings. The van der Waals surface area contributed by atoms with Crippen molar-refractivity contribution in [2.75, 3.05) is 20.1 Å². The number of aromatic nitrogens is 1. The van der Waals surface area contributed by atoms with Gasteiger partial charge in [-0.1, -0.05) is 11.6 Å². The molecule has 0 amide bonds. The molecule has 0 aromatic carbocycles. The number of hydrogen-bond donors (Lipinski definition) is 1. The lowest BCUT2D eigenvalue weighted by molar-refractivity contribution is 0.110. The Balaban J connectivity index is 1.93. The number of hydrogen-bond acceptors (Lipinski definition) is 4. The van der Waals surface area contributed by atoms with Crippen molar-refractivity contribution in [2.45, 2.75) is 51.8 Å². The first kappa shape index (κ1) is 16.5. The zero-order chi connectivity index (χ0) is 15.5. The van der Waals surface area contributed by atoms with Crippen LogP contribution in [-0.4, -0.2) is 41.7 Å². The quantitative estimate of drug-likeness (QED) is 0.927. The summed E-state index contributed by atoms with van der Waals surface area (Å²) in [5.41, 5.74) is 1.15. The summed E-state index contributed by atoms with van der Waals surface area (Å²) in [6.45, 7) is 9.30. The van der Waals surface area contributed by atoms with Gasteiger partial charge in [0.05, 0.1) is 0 Å². The van der Waals surface area contributed by atoms with Crippen LogP contribution in [0.4, 0.5) is 0 Å². The molecule has 0 bridgehead atoms. The van der Waals surface area contributed by atoms with Crippen LogP contribution in [0.15, 0.2) is 12.3 Å². The van der Waals surface area contributed by atoms with Crippen molar-refractivity contribution >= 4 is 11.6 Å². The molecule has 0 spiro atoms. The van der Waals surface area contributed by atoms with Gasteiger partial charge in [-0.2, -0.15) is 0 Å². The molecule has 2 rings (SSSR count). The Bertz CT molecular complexity index is 465. The van der Waals surface area contributed by atoms with Crippen molar-refractivity contribution in [3.63, 3.8) is 0 Å². The second kappa shape index (κ2) is 6.95. The topological polar surface area (TPSA) is 37.4 Å². The van der Waals surface area contributed by atoms with Crippen molar-refractivity contribution < 1.29 is 4.74 Å². The van der Waals surface area contributed by atoms with E-state index in [2.05, 4.69) is 43.0 Å². The molecule has 0 radical (unpaired) electrons. The Kier molecular flexibility index (Phi) is 5.47. The number of ether oxygens (including phenoxy) is 1. The van der Waals surface area contributed by atoms with Crippen LogP contribution in [0, 0.1) is 0 Å². The maximum atomic E-state index is 6.30. The minimum atomic E-state index is 0.0791. The highest BCUT2D eigenvalue weighted by Gasteiger charge is 2.19. The first-order valence-corrected chi connectivity index (χ1v) is 7.96. The van der Waals surface area contributed by atoms with E-state index < -0.39 is 0 Å². The van der Waals surface area contributed by atoms with Gasteiger partial charge in [-0.3, -0.25) is 0 Å². The molecule has 0 aliphatic carbocycles. The standard InChI is InChI=1S/C16H26ClN3O/c1-16(2,3)19-11-12-9-14(17)15(18-10-12)21-13-5-7-20(4)8-6-13/h9-10,13,19H,5-8,11H2,1-4H3. The average Bonchev–Trinajstić information content (AvgIpc) is 2.41. The smallest absolute Gasteiger partial charge is 0.232 e. The van der Waals surface area contributed by atoms with E-state index >= 15 is 0 Å². The van der Waals surface area contributed by atoms with Gasteiger partial charge in [-0.15, -0.1) is 0 Å². The van der Waals surface area contributed by atoms with E-state index in [4.69, 9.17) is 16.3 Å². The van der Waals surface area contributed by atoms with Gasteiger partial charge in [0.1, 0.15) is 11.1 Å². The molecule has 0 atom stereocenters. The van der Waals surface area contributed by atoms with Gasteiger partial charge < -0.3 is 15.0 Å². The fraction of sp³-hybridized carbons (Fsp3) is 0.688. The summed E-state index contributed by atoms with van der Waals surface area (Å²) >= 11 is 6.30. The molecule has 0 saturated carbocycles. The highest BCUT2D eigenvalue weighted by atomic mass is 35.5. The van der Waals surface area contributed by atoms with Crippen LogP contribution in [0.25, 0.3) is 0 Å². The number of rotatable bonds is 4. The van der Waals surface area contributed by atoms with E-state index in [1.54, 1.807) is 0 Å². The van der Waals surface area contributed by atoms with Crippen LogP contribution >= 0.6 is 11.6 Å². The SMILES string of the molecule is CN1CCC(Oc2ncc(CNC(C)(C)C)cc2Cl)CC1. The fourth-order valence-electron chi connectivity index (χ4n) is 2.28. The number of halogens is 1. The molecule has 1 aromatic heterocycles. The van der Waals surface area contributed by atoms with Gasteiger partial charge in [-0.25, -0.2) is 4.98 Å². The second-order valence-corrected chi connectivity index (χ2v) is 7.26. The van der Waals surface area contributed by atoms with Crippen LogP contribution < -0.4 is 10.1 Å². The van der Waals surface area contributed by atoms with Crippen LogP contribution in [0.3, 0.4) is 0 Å². The molecule has 1 saturated heterocycles. The number of piperidine rings is 1. The van der Waals surface area contributed by atoms with E-state index in [9.17, 15) is 0 Å². The highest BCUT2D eigenvalue weighted by molar-refractivity contribution is 6.31. The Hall–Kier alpha value is -0.840. The van der Waals surface area contributed by atoms with Crippen molar-refractivity contribution in [1.82, 2.24) is 15.2 Å². The lowest BCUT2D eigenvalue weighted by Gasteiger charge is -2.29. The normalized spacial score (nSPS) is 18.0. The predicted octanol–water partition coefficient (Wildman–Crippen LogP) is 3.10. The molecule has 2 heterocycles. The fourth-order valence-corrected chi connectivity index (χ4v) is 2.51. The summed E-state index contributed by atoms with van der Waals surface area (Å²) in [5.74, 6) is 0.561. The van der Waals surface area contributed by atoms with Gasteiger partial charge in [0.15, 0.2) is 0 Å². The molecule has 118 valence electrons. The lowest BCUT2D eigenvalue weighted by Crippen LogP contribution is -2.36. The van der Waals surface area contributed by atoms with Gasteiger partial charge in [-0.05, 0) is 52.3 Å². The summed E-state index contributed by atoms with van der Waals surface area (Å²) in [5, 5.41) is 4.03. The van der Waals surface area contributed by atoms with Crippen LogP contribution in [0.5, 0.6) is 5.88 Å². The van der Waals surface area contributed by atoms with E-state index in [1.807, 2.05) is 12.3 Å². The van der Waals surface area contributed by atoms with Crippen LogP contribution in [-0.2, 0) is 6.54 Å². The molecule has 0 unspecified atom stereocenters. The molecule has 4 nitrogen and oxygen atoms in total. The molecule has 5 heteroatoms. The van der Waals surface area contributed by atoms with Crippen molar-refractivity contribution in [3.05, 3.63) is 22.8 Å². The average molecular weight is 312 g/mol. The zero-order valence-corrected chi connectivity index (χ0v) is 14.2. The van der Waals surface area contributed by atoms with E-state index in [0.717, 1.165) is 38.0 Å². The molecule has 21 heavy (non-hydrogen) atoms. The van der Waals surface area contributed by atoms with Gasteiger partial charge in [0.2, 0.25) is 5.88 Å². The van der Waals surface area contributed by atoms with Crippen LogP contribution in [0.1, 0.15) is 39.2 Å². The largest absolute Gasteiger partial charge is 0.473 e. The van der Waals surface area contributed by atoms with E-state index in [1.165, 1.54) is 0 Å². The third-order valence-corrected chi connectivity index (χ3v) is 3.90. The monoisotopic (exact) mass is 311 g/mol. The van der Waals surface area contributed by atoms with Crippen molar-refractivity contribution in [2.24, 2.45) is 0 Å². The zero-order valence-electron chi connectivity index (χ0n) is 13.4. The molecule has 1 aliphatic heterocycles. The highest BCUT2D eigenvalue weighted by Crippen LogP contribution is 2.25. The molecule has 1 fully saturated rings. The Labute approximate surface area is 132 Å². The van der Waals surface area contributed by atoms with Crippen molar-refractivity contribution in [1.29, 1.82) is 0 Å². The summed E-state index contributed by atoms with van der Waals surface area (Å²) in [6, 6.07) is 1.94. The second-order valence-electron chi connectivity index (χ2n) is 6.85. The van der Waals surface area contributed by atoms with Crippen molar-refractivity contribution in [3.8, 4) is 5.88 Å². The summed E-state index contributed by atoms with van der Waals surface area (Å²) in [7, 11) is 2.14. The van der Waals surface area contributed by atoms with Gasteiger partial charge >= 0.3 is 0 Å². The number of pyridine rings is 1. The van der Waals surface area contributed by atoms with Crippen LogP contribution in [0.2, 0.25) is 5.02 Å². The molecule has 1 aromatic rings. The minimum Gasteiger partial charge on any atom is -0.473 e. The van der Waals surface area contributed by atoms with E-state index in [0.29, 0.717) is 10.9 Å². The summed E-state index contributed by atoms with van der Waals surface area (Å²) in [4.78, 5) is 6.70. The number of nitrogens with zero attached hydrogens (tertiary/aromatic N) is 2. The Morgan fingerprint density at radius 1 is 1.38 bits per heavy atom. The molecular weight excluding hydrogens is 286 g/mol. The Morgan fingerprint density at radius 2 is 2.05 bits per heavy atom. The minimum absolute atomic E-state index is 0.0791.